The molecule has 0 aliphatic carbocycles. The maximum absolute atomic E-state index is 11.1. The van der Waals surface area contributed by atoms with Crippen molar-refractivity contribution in [1.82, 2.24) is 35.0 Å². The summed E-state index contributed by atoms with van der Waals surface area (Å²) in [6.45, 7) is 3.01. The number of carbonyl (C=O) groups excluding carboxylic acids is 1. The molecule has 24 heavy (non-hydrogen) atoms. The lowest BCUT2D eigenvalue weighted by molar-refractivity contribution is -0.117. The van der Waals surface area contributed by atoms with Crippen LogP contribution in [0.4, 0.5) is 0 Å². The molecule has 2 N–H and O–H groups in total. The van der Waals surface area contributed by atoms with E-state index in [4.69, 9.17) is 5.73 Å². The Morgan fingerprint density at radius 1 is 1.21 bits per heavy atom. The highest BCUT2D eigenvalue weighted by atomic mass is 16.1. The van der Waals surface area contributed by atoms with Crippen molar-refractivity contribution in [3.05, 3.63) is 53.4 Å². The van der Waals surface area contributed by atoms with Crippen LogP contribution in [0.3, 0.4) is 0 Å². The molecule has 0 saturated heterocycles. The Kier molecular flexibility index (Phi) is 4.59. The molecule has 0 saturated carbocycles. The summed E-state index contributed by atoms with van der Waals surface area (Å²) < 4.78 is 3.50. The maximum atomic E-state index is 11.1. The van der Waals surface area contributed by atoms with E-state index in [9.17, 15) is 4.79 Å². The zero-order valence-electron chi connectivity index (χ0n) is 13.3. The summed E-state index contributed by atoms with van der Waals surface area (Å²) in [7, 11) is 0. The average Bonchev–Trinajstić information content (AvgIpc) is 3.12. The standard InChI is InChI=1S/C15H18N8O/c1-11-18-20-21-22(11)8-7-15-17-14(9-13(16)24)19-23(15)10-12-5-3-2-4-6-12/h2-6H,7-10H2,1H3,(H2,16,24). The van der Waals surface area contributed by atoms with E-state index in [0.29, 0.717) is 25.3 Å². The van der Waals surface area contributed by atoms with Gasteiger partial charge in [0.2, 0.25) is 5.91 Å². The number of hydrogen-bond donors (Lipinski definition) is 1. The van der Waals surface area contributed by atoms with Crippen molar-refractivity contribution in [2.24, 2.45) is 5.73 Å². The molecule has 3 aromatic rings. The summed E-state index contributed by atoms with van der Waals surface area (Å²) in [6.07, 6.45) is 0.628. The number of aromatic nitrogens is 7. The molecule has 2 heterocycles. The molecule has 3 rings (SSSR count). The average molecular weight is 326 g/mol. The van der Waals surface area contributed by atoms with E-state index in [2.05, 4.69) is 25.6 Å². The molecule has 1 amide bonds. The van der Waals surface area contributed by atoms with Crippen LogP contribution in [-0.2, 0) is 30.7 Å². The van der Waals surface area contributed by atoms with Gasteiger partial charge in [0, 0.05) is 6.42 Å². The summed E-state index contributed by atoms with van der Waals surface area (Å²) >= 11 is 0. The van der Waals surface area contributed by atoms with Gasteiger partial charge in [-0.2, -0.15) is 5.10 Å². The number of nitrogens with zero attached hydrogens (tertiary/aromatic N) is 7. The number of amides is 1. The first-order valence-electron chi connectivity index (χ1n) is 7.59. The maximum Gasteiger partial charge on any atom is 0.225 e. The largest absolute Gasteiger partial charge is 0.369 e. The molecule has 9 heteroatoms. The number of primary amides is 1. The van der Waals surface area contributed by atoms with Gasteiger partial charge in [-0.1, -0.05) is 30.3 Å². The van der Waals surface area contributed by atoms with Gasteiger partial charge in [0.1, 0.15) is 11.6 Å². The molecule has 2 aromatic heterocycles. The lowest BCUT2D eigenvalue weighted by Gasteiger charge is -2.06. The summed E-state index contributed by atoms with van der Waals surface area (Å²) in [4.78, 5) is 15.6. The molecular weight excluding hydrogens is 308 g/mol. The Balaban J connectivity index is 1.80. The van der Waals surface area contributed by atoms with E-state index in [1.54, 1.807) is 9.36 Å². The first kappa shape index (κ1) is 15.8. The molecule has 124 valence electrons. The van der Waals surface area contributed by atoms with Gasteiger partial charge < -0.3 is 5.73 Å². The molecule has 0 aliphatic heterocycles. The topological polar surface area (TPSA) is 117 Å². The van der Waals surface area contributed by atoms with E-state index in [0.717, 1.165) is 17.2 Å². The van der Waals surface area contributed by atoms with E-state index >= 15 is 0 Å². The zero-order chi connectivity index (χ0) is 16.9. The fourth-order valence-electron chi connectivity index (χ4n) is 2.39. The van der Waals surface area contributed by atoms with Crippen LogP contribution in [0, 0.1) is 6.92 Å². The third kappa shape index (κ3) is 3.80. The number of hydrogen-bond acceptors (Lipinski definition) is 6. The third-order valence-corrected chi connectivity index (χ3v) is 3.56. The second kappa shape index (κ2) is 6.99. The summed E-state index contributed by atoms with van der Waals surface area (Å²) in [5, 5.41) is 15.8. The lowest BCUT2D eigenvalue weighted by Crippen LogP contribution is -2.15. The van der Waals surface area contributed by atoms with Crippen molar-refractivity contribution < 1.29 is 4.79 Å². The Hall–Kier alpha value is -3.10. The summed E-state index contributed by atoms with van der Waals surface area (Å²) in [6, 6.07) is 9.95. The number of aryl methyl sites for hydroxylation is 3. The number of nitrogens with two attached hydrogens (primary N) is 1. The minimum absolute atomic E-state index is 0.0265. The van der Waals surface area contributed by atoms with Crippen molar-refractivity contribution in [3.8, 4) is 0 Å². The van der Waals surface area contributed by atoms with Crippen molar-refractivity contribution in [2.75, 3.05) is 0 Å². The van der Waals surface area contributed by atoms with Crippen LogP contribution in [0.25, 0.3) is 0 Å². The molecular formula is C15H18N8O. The van der Waals surface area contributed by atoms with Crippen molar-refractivity contribution in [2.45, 2.75) is 32.9 Å². The van der Waals surface area contributed by atoms with Gasteiger partial charge >= 0.3 is 0 Å². The molecule has 0 aliphatic rings. The highest BCUT2D eigenvalue weighted by Gasteiger charge is 2.13. The molecule has 0 fully saturated rings. The van der Waals surface area contributed by atoms with Gasteiger partial charge in [-0.05, 0) is 22.9 Å². The van der Waals surface area contributed by atoms with Crippen molar-refractivity contribution in [1.29, 1.82) is 0 Å². The van der Waals surface area contributed by atoms with Crippen LogP contribution >= 0.6 is 0 Å². The Bertz CT molecular complexity index is 823. The molecule has 0 unspecified atom stereocenters. The van der Waals surface area contributed by atoms with E-state index < -0.39 is 5.91 Å². The van der Waals surface area contributed by atoms with Gasteiger partial charge in [0.15, 0.2) is 5.82 Å². The second-order valence-corrected chi connectivity index (χ2v) is 5.43. The quantitative estimate of drug-likeness (QED) is 0.647. The molecule has 0 spiro atoms. The van der Waals surface area contributed by atoms with Crippen LogP contribution in [0.5, 0.6) is 0 Å². The van der Waals surface area contributed by atoms with Gasteiger partial charge in [-0.3, -0.25) is 4.79 Å². The van der Waals surface area contributed by atoms with Gasteiger partial charge in [-0.25, -0.2) is 14.3 Å². The third-order valence-electron chi connectivity index (χ3n) is 3.56. The van der Waals surface area contributed by atoms with Crippen LogP contribution in [0.15, 0.2) is 30.3 Å². The van der Waals surface area contributed by atoms with E-state index in [-0.39, 0.29) is 6.42 Å². The van der Waals surface area contributed by atoms with Crippen LogP contribution < -0.4 is 5.73 Å². The molecule has 0 atom stereocenters. The minimum Gasteiger partial charge on any atom is -0.369 e. The van der Waals surface area contributed by atoms with Crippen LogP contribution in [-0.4, -0.2) is 40.9 Å². The molecule has 1 aromatic carbocycles. The highest BCUT2D eigenvalue weighted by molar-refractivity contribution is 5.75. The molecule has 9 nitrogen and oxygen atoms in total. The van der Waals surface area contributed by atoms with Gasteiger partial charge in [-0.15, -0.1) is 5.10 Å². The van der Waals surface area contributed by atoms with Crippen LogP contribution in [0.2, 0.25) is 0 Å². The zero-order valence-corrected chi connectivity index (χ0v) is 13.3. The summed E-state index contributed by atoms with van der Waals surface area (Å²) in [5.41, 5.74) is 6.35. The van der Waals surface area contributed by atoms with Gasteiger partial charge in [0.05, 0.1) is 19.5 Å². The predicted octanol–water partition coefficient (Wildman–Crippen LogP) is -0.108. The smallest absolute Gasteiger partial charge is 0.225 e. The van der Waals surface area contributed by atoms with Gasteiger partial charge in [0.25, 0.3) is 0 Å². The summed E-state index contributed by atoms with van der Waals surface area (Å²) in [5.74, 6) is 1.49. The fraction of sp³-hybridized carbons (Fsp3) is 0.333. The van der Waals surface area contributed by atoms with Crippen molar-refractivity contribution >= 4 is 5.91 Å². The normalized spacial score (nSPS) is 10.9. The molecule has 0 radical (unpaired) electrons. The Morgan fingerprint density at radius 2 is 2.00 bits per heavy atom. The van der Waals surface area contributed by atoms with Crippen molar-refractivity contribution in [3.63, 3.8) is 0 Å². The number of benzene rings is 1. The number of rotatable bonds is 7. The second-order valence-electron chi connectivity index (χ2n) is 5.43. The first-order valence-corrected chi connectivity index (χ1v) is 7.59. The number of tetrazole rings is 1. The SMILES string of the molecule is Cc1nnnn1CCc1nc(CC(N)=O)nn1Cc1ccccc1. The number of carbonyl (C=O) groups is 1. The van der Waals surface area contributed by atoms with E-state index in [1.165, 1.54) is 0 Å². The molecule has 0 bridgehead atoms. The monoisotopic (exact) mass is 326 g/mol. The Morgan fingerprint density at radius 3 is 2.67 bits per heavy atom. The predicted molar refractivity (Wildman–Crippen MR) is 84.7 cm³/mol. The van der Waals surface area contributed by atoms with Crippen LogP contribution in [0.1, 0.15) is 23.0 Å². The Labute approximate surface area is 138 Å². The van der Waals surface area contributed by atoms with E-state index in [1.807, 2.05) is 37.3 Å². The fourth-order valence-corrected chi connectivity index (χ4v) is 2.39. The highest BCUT2D eigenvalue weighted by Crippen LogP contribution is 2.08. The first-order chi connectivity index (χ1) is 11.6. The lowest BCUT2D eigenvalue weighted by atomic mass is 10.2. The minimum atomic E-state index is -0.449.